The summed E-state index contributed by atoms with van der Waals surface area (Å²) < 4.78 is 23.2. The van der Waals surface area contributed by atoms with Crippen molar-refractivity contribution < 1.29 is 23.7 Å². The summed E-state index contributed by atoms with van der Waals surface area (Å²) in [6, 6.07) is 12.0. The number of rotatable bonds is 12. The van der Waals surface area contributed by atoms with Gasteiger partial charge < -0.3 is 18.9 Å². The van der Waals surface area contributed by atoms with Gasteiger partial charge >= 0.3 is 0 Å². The largest absolute Gasteiger partial charge is 0.493 e. The molecule has 2 fully saturated rings. The summed E-state index contributed by atoms with van der Waals surface area (Å²) in [6.07, 6.45) is 7.91. The molecule has 2 aromatic rings. The summed E-state index contributed by atoms with van der Waals surface area (Å²) in [7, 11) is 5.42. The first kappa shape index (κ1) is 29.7. The molecule has 2 aliphatic heterocycles. The van der Waals surface area contributed by atoms with Crippen LogP contribution in [0.2, 0.25) is 0 Å². The van der Waals surface area contributed by atoms with Crippen LogP contribution in [0.25, 0.3) is 12.2 Å². The smallest absolute Gasteiger partial charge is 0.188 e. The van der Waals surface area contributed by atoms with Crippen molar-refractivity contribution in [3.63, 3.8) is 0 Å². The zero-order chi connectivity index (χ0) is 28.8. The first-order chi connectivity index (χ1) is 19.2. The lowest BCUT2D eigenvalue weighted by Gasteiger charge is -2.34. The minimum Gasteiger partial charge on any atom is -0.493 e. The van der Waals surface area contributed by atoms with Crippen LogP contribution < -0.4 is 18.9 Å². The van der Waals surface area contributed by atoms with Crippen LogP contribution >= 0.6 is 0 Å². The molecule has 2 aliphatic rings. The Kier molecular flexibility index (Phi) is 9.96. The molecule has 2 saturated heterocycles. The van der Waals surface area contributed by atoms with E-state index < -0.39 is 0 Å². The SMILES string of the molecule is COc1cc(/C=C2/C(=O)/C(=C/c3ccc(OCCC(C)C)c(OC)c3)[C@H]3CC[C@H]2N3C)ccc1OCCC(C)C. The van der Waals surface area contributed by atoms with Crippen LogP contribution in [0.5, 0.6) is 23.0 Å². The molecule has 40 heavy (non-hydrogen) atoms. The predicted octanol–water partition coefficient (Wildman–Crippen LogP) is 7.07. The molecular weight excluding hydrogens is 502 g/mol. The molecule has 0 N–H and O–H groups in total. The van der Waals surface area contributed by atoms with E-state index in [2.05, 4.69) is 39.6 Å². The molecule has 6 heteroatoms. The third-order valence-corrected chi connectivity index (χ3v) is 7.86. The van der Waals surface area contributed by atoms with E-state index in [1.807, 2.05) is 48.6 Å². The van der Waals surface area contributed by atoms with Crippen LogP contribution in [0.4, 0.5) is 0 Å². The minimum absolute atomic E-state index is 0.105. The highest BCUT2D eigenvalue weighted by atomic mass is 16.5. The lowest BCUT2D eigenvalue weighted by Crippen LogP contribution is -2.43. The summed E-state index contributed by atoms with van der Waals surface area (Å²) in [6.45, 7) is 10.0. The number of hydrogen-bond donors (Lipinski definition) is 0. The fourth-order valence-electron chi connectivity index (χ4n) is 5.44. The van der Waals surface area contributed by atoms with Crippen molar-refractivity contribution in [3.05, 3.63) is 58.7 Å². The molecule has 0 amide bonds. The van der Waals surface area contributed by atoms with E-state index in [0.29, 0.717) is 36.5 Å². The lowest BCUT2D eigenvalue weighted by atomic mass is 9.88. The van der Waals surface area contributed by atoms with E-state index in [9.17, 15) is 4.79 Å². The van der Waals surface area contributed by atoms with Crippen LogP contribution in [0.1, 0.15) is 64.5 Å². The third kappa shape index (κ3) is 6.90. The van der Waals surface area contributed by atoms with Crippen molar-refractivity contribution in [2.45, 2.75) is 65.5 Å². The van der Waals surface area contributed by atoms with Crippen LogP contribution in [0.15, 0.2) is 47.5 Å². The number of benzene rings is 2. The van der Waals surface area contributed by atoms with Gasteiger partial charge in [-0.15, -0.1) is 0 Å². The highest BCUT2D eigenvalue weighted by Crippen LogP contribution is 2.41. The first-order valence-electron chi connectivity index (χ1n) is 14.5. The van der Waals surface area contributed by atoms with Gasteiger partial charge in [0.2, 0.25) is 0 Å². The van der Waals surface area contributed by atoms with Gasteiger partial charge in [0.25, 0.3) is 0 Å². The molecule has 6 nitrogen and oxygen atoms in total. The predicted molar refractivity (Wildman–Crippen MR) is 161 cm³/mol. The Labute approximate surface area is 240 Å². The Balaban J connectivity index is 1.60. The standard InChI is InChI=1S/C34H45NO5/c1-22(2)14-16-39-30-12-8-24(20-32(30)37-6)18-26-28-10-11-29(35(28)5)27(34(26)36)19-25-9-13-31(33(21-25)38-7)40-17-15-23(3)4/h8-9,12-13,18-23,28-29H,10-11,14-17H2,1-7H3/b26-18+,27-19+/t28-,29-/m1/s1. The van der Waals surface area contributed by atoms with E-state index in [0.717, 1.165) is 59.5 Å². The maximum Gasteiger partial charge on any atom is 0.188 e. The van der Waals surface area contributed by atoms with Crippen molar-refractivity contribution in [1.82, 2.24) is 4.90 Å². The number of fused-ring (bicyclic) bond motifs is 2. The number of Topliss-reactive ketones (excluding diaryl/α,β-unsaturated/α-hetero) is 1. The molecule has 0 aromatic heterocycles. The van der Waals surface area contributed by atoms with E-state index in [1.54, 1.807) is 14.2 Å². The minimum atomic E-state index is 0.105. The number of piperidine rings is 1. The number of nitrogens with zero attached hydrogens (tertiary/aromatic N) is 1. The fraction of sp³-hybridized carbons (Fsp3) is 0.500. The van der Waals surface area contributed by atoms with Crippen LogP contribution in [0, 0.1) is 11.8 Å². The maximum atomic E-state index is 13.9. The van der Waals surface area contributed by atoms with Crippen molar-refractivity contribution in [1.29, 1.82) is 0 Å². The maximum absolute atomic E-state index is 13.9. The summed E-state index contributed by atoms with van der Waals surface area (Å²) in [5, 5.41) is 0. The summed E-state index contributed by atoms with van der Waals surface area (Å²) in [5.41, 5.74) is 3.50. The fourth-order valence-corrected chi connectivity index (χ4v) is 5.44. The van der Waals surface area contributed by atoms with E-state index in [-0.39, 0.29) is 17.9 Å². The van der Waals surface area contributed by atoms with Crippen molar-refractivity contribution in [2.75, 3.05) is 34.5 Å². The molecule has 0 radical (unpaired) electrons. The molecule has 4 rings (SSSR count). The van der Waals surface area contributed by atoms with Gasteiger partial charge in [-0.3, -0.25) is 9.69 Å². The Hall–Kier alpha value is -3.25. The number of carbonyl (C=O) groups is 1. The molecule has 0 aliphatic carbocycles. The molecule has 0 unspecified atom stereocenters. The Bertz CT molecular complexity index is 1150. The van der Waals surface area contributed by atoms with Gasteiger partial charge in [-0.2, -0.15) is 0 Å². The van der Waals surface area contributed by atoms with Gasteiger partial charge in [-0.25, -0.2) is 0 Å². The van der Waals surface area contributed by atoms with Gasteiger partial charge in [0.05, 0.1) is 27.4 Å². The molecule has 2 atom stereocenters. The van der Waals surface area contributed by atoms with Gasteiger partial charge in [0, 0.05) is 23.2 Å². The van der Waals surface area contributed by atoms with Gasteiger partial charge in [0.15, 0.2) is 28.8 Å². The average Bonchev–Trinajstić information content (AvgIpc) is 3.24. The topological polar surface area (TPSA) is 57.2 Å². The van der Waals surface area contributed by atoms with Crippen molar-refractivity contribution in [2.24, 2.45) is 11.8 Å². The number of likely N-dealkylation sites (N-methyl/N-ethyl adjacent to an activating group) is 1. The molecule has 0 spiro atoms. The Morgan fingerprint density at radius 3 is 1.55 bits per heavy atom. The second kappa shape index (κ2) is 13.4. The average molecular weight is 548 g/mol. The number of carbonyl (C=O) groups excluding carboxylic acids is 1. The summed E-state index contributed by atoms with van der Waals surface area (Å²) >= 11 is 0. The molecule has 2 aromatic carbocycles. The second-order valence-corrected chi connectivity index (χ2v) is 11.7. The van der Waals surface area contributed by atoms with E-state index >= 15 is 0 Å². The Morgan fingerprint density at radius 2 is 1.18 bits per heavy atom. The van der Waals surface area contributed by atoms with Crippen LogP contribution in [-0.4, -0.2) is 57.2 Å². The molecular formula is C34H45NO5. The van der Waals surface area contributed by atoms with Gasteiger partial charge in [0.1, 0.15) is 0 Å². The monoisotopic (exact) mass is 547 g/mol. The van der Waals surface area contributed by atoms with E-state index in [1.165, 1.54) is 0 Å². The normalized spacial score (nSPS) is 21.1. The van der Waals surface area contributed by atoms with Crippen molar-refractivity contribution >= 4 is 17.9 Å². The second-order valence-electron chi connectivity index (χ2n) is 11.7. The zero-order valence-electron chi connectivity index (χ0n) is 25.2. The Morgan fingerprint density at radius 1 is 0.750 bits per heavy atom. The molecule has 2 heterocycles. The zero-order valence-corrected chi connectivity index (χ0v) is 25.2. The first-order valence-corrected chi connectivity index (χ1v) is 14.5. The van der Waals surface area contributed by atoms with Gasteiger partial charge in [-0.1, -0.05) is 39.8 Å². The lowest BCUT2D eigenvalue weighted by molar-refractivity contribution is -0.114. The van der Waals surface area contributed by atoms with Crippen LogP contribution in [-0.2, 0) is 4.79 Å². The van der Waals surface area contributed by atoms with Crippen molar-refractivity contribution in [3.8, 4) is 23.0 Å². The number of hydrogen-bond acceptors (Lipinski definition) is 6. The molecule has 216 valence electrons. The summed E-state index contributed by atoms with van der Waals surface area (Å²) in [4.78, 5) is 16.3. The third-order valence-electron chi connectivity index (χ3n) is 7.86. The highest BCUT2D eigenvalue weighted by molar-refractivity contribution is 6.16. The van der Waals surface area contributed by atoms with E-state index in [4.69, 9.17) is 18.9 Å². The van der Waals surface area contributed by atoms with Crippen LogP contribution in [0.3, 0.4) is 0 Å². The molecule has 2 bridgehead atoms. The number of ether oxygens (including phenoxy) is 4. The molecule has 0 saturated carbocycles. The number of methoxy groups -OCH3 is 2. The number of ketones is 1. The highest BCUT2D eigenvalue weighted by Gasteiger charge is 2.44. The quantitative estimate of drug-likeness (QED) is 0.265. The summed E-state index contributed by atoms with van der Waals surface area (Å²) in [5.74, 6) is 4.06. The van der Waals surface area contributed by atoms with Gasteiger partial charge in [-0.05, 0) is 92.1 Å².